The van der Waals surface area contributed by atoms with Crippen molar-refractivity contribution in [2.24, 2.45) is 9.98 Å². The number of pyridine rings is 2. The van der Waals surface area contributed by atoms with Crippen molar-refractivity contribution in [2.45, 2.75) is 24.9 Å². The highest BCUT2D eigenvalue weighted by Crippen LogP contribution is 2.23. The predicted molar refractivity (Wildman–Crippen MR) is 154 cm³/mol. The van der Waals surface area contributed by atoms with Crippen LogP contribution in [0.2, 0.25) is 0 Å². The average Bonchev–Trinajstić information content (AvgIpc) is 2.98. The lowest BCUT2D eigenvalue weighted by Gasteiger charge is -2.10. The van der Waals surface area contributed by atoms with Crippen molar-refractivity contribution in [1.29, 1.82) is 0 Å². The number of hydrogen-bond acceptors (Lipinski definition) is 6. The molecule has 0 radical (unpaired) electrons. The number of aromatic nitrogens is 2. The molecule has 0 unspecified atom stereocenters. The maximum Gasteiger partial charge on any atom is 0.0972 e. The van der Waals surface area contributed by atoms with Crippen molar-refractivity contribution >= 4 is 34.2 Å². The Morgan fingerprint density at radius 1 is 0.553 bits per heavy atom. The van der Waals surface area contributed by atoms with E-state index in [0.717, 1.165) is 32.9 Å². The van der Waals surface area contributed by atoms with Crippen LogP contribution in [-0.2, 0) is 12.8 Å². The Bertz CT molecular complexity index is 1430. The second kappa shape index (κ2) is 12.3. The van der Waals surface area contributed by atoms with Gasteiger partial charge in [0.05, 0.1) is 47.7 Å². The number of aliphatic hydroxyl groups excluding tert-OH is 2. The van der Waals surface area contributed by atoms with Crippen LogP contribution in [0.4, 0.5) is 0 Å². The Labute approximate surface area is 222 Å². The molecular weight excluding hydrogens is 472 g/mol. The van der Waals surface area contributed by atoms with Gasteiger partial charge in [0, 0.05) is 23.2 Å². The largest absolute Gasteiger partial charge is 0.394 e. The second-order valence-electron chi connectivity index (χ2n) is 9.29. The van der Waals surface area contributed by atoms with Crippen LogP contribution in [0.1, 0.15) is 22.5 Å². The molecule has 0 aliphatic rings. The first-order valence-electron chi connectivity index (χ1n) is 12.8. The van der Waals surface area contributed by atoms with E-state index in [9.17, 15) is 10.2 Å². The smallest absolute Gasteiger partial charge is 0.0972 e. The summed E-state index contributed by atoms with van der Waals surface area (Å²) < 4.78 is 0. The fraction of sp³-hybridized carbons (Fsp3) is 0.188. The molecule has 5 aromatic rings. The minimum atomic E-state index is -0.237. The van der Waals surface area contributed by atoms with Crippen LogP contribution >= 0.6 is 0 Å². The van der Waals surface area contributed by atoms with Gasteiger partial charge in [-0.25, -0.2) is 9.97 Å². The third-order valence-electron chi connectivity index (χ3n) is 6.45. The normalized spacial score (nSPS) is 13.5. The molecule has 0 spiro atoms. The van der Waals surface area contributed by atoms with Gasteiger partial charge in [-0.3, -0.25) is 9.98 Å². The number of aliphatic imine (C=N–C) groups is 2. The number of aliphatic hydroxyl groups is 2. The minimum Gasteiger partial charge on any atom is -0.394 e. The molecule has 6 heteroatoms. The minimum absolute atomic E-state index is 0.0364. The Morgan fingerprint density at radius 2 is 0.947 bits per heavy atom. The van der Waals surface area contributed by atoms with Crippen LogP contribution in [0.5, 0.6) is 0 Å². The van der Waals surface area contributed by atoms with E-state index >= 15 is 0 Å². The maximum atomic E-state index is 9.83. The van der Waals surface area contributed by atoms with Gasteiger partial charge in [0.25, 0.3) is 0 Å². The number of benzene rings is 3. The van der Waals surface area contributed by atoms with Gasteiger partial charge in [0.15, 0.2) is 0 Å². The van der Waals surface area contributed by atoms with E-state index in [1.165, 1.54) is 0 Å². The fourth-order valence-electron chi connectivity index (χ4n) is 4.41. The van der Waals surface area contributed by atoms with Gasteiger partial charge in [-0.1, -0.05) is 84.9 Å². The Balaban J connectivity index is 1.39. The van der Waals surface area contributed by atoms with Gasteiger partial charge in [-0.05, 0) is 36.1 Å². The zero-order chi connectivity index (χ0) is 26.2. The molecule has 2 heterocycles. The highest BCUT2D eigenvalue weighted by atomic mass is 16.3. The predicted octanol–water partition coefficient (Wildman–Crippen LogP) is 4.83. The van der Waals surface area contributed by atoms with Crippen LogP contribution in [0.25, 0.3) is 21.8 Å². The van der Waals surface area contributed by atoms with Crippen molar-refractivity contribution in [2.75, 3.05) is 13.2 Å². The average molecular weight is 503 g/mol. The van der Waals surface area contributed by atoms with E-state index in [4.69, 9.17) is 9.97 Å². The fourth-order valence-corrected chi connectivity index (χ4v) is 4.41. The first-order chi connectivity index (χ1) is 18.7. The van der Waals surface area contributed by atoms with Gasteiger partial charge in [-0.2, -0.15) is 0 Å². The molecule has 3 aromatic carbocycles. The Hall–Kier alpha value is -4.26. The zero-order valence-corrected chi connectivity index (χ0v) is 21.1. The molecule has 190 valence electrons. The summed E-state index contributed by atoms with van der Waals surface area (Å²) in [5.74, 6) is 0. The quantitative estimate of drug-likeness (QED) is 0.211. The molecule has 2 aromatic heterocycles. The SMILES string of the molecule is OC[C@H](Cc1ccccc1)N=Cc1ccc2ccc3ccc(C=N[C@H](CO)Cc4ccccc4)nc3c2n1. The molecule has 0 fully saturated rings. The van der Waals surface area contributed by atoms with E-state index < -0.39 is 0 Å². The summed E-state index contributed by atoms with van der Waals surface area (Å²) in [5.41, 5.74) is 5.25. The summed E-state index contributed by atoms with van der Waals surface area (Å²) in [5, 5.41) is 21.6. The van der Waals surface area contributed by atoms with E-state index in [2.05, 4.69) is 9.98 Å². The lowest BCUT2D eigenvalue weighted by Crippen LogP contribution is -2.14. The van der Waals surface area contributed by atoms with Gasteiger partial charge in [-0.15, -0.1) is 0 Å². The van der Waals surface area contributed by atoms with Crippen molar-refractivity contribution in [3.8, 4) is 0 Å². The van der Waals surface area contributed by atoms with E-state index in [1.807, 2.05) is 97.1 Å². The molecule has 2 atom stereocenters. The molecule has 0 saturated heterocycles. The molecule has 38 heavy (non-hydrogen) atoms. The lowest BCUT2D eigenvalue weighted by molar-refractivity contribution is 0.266. The van der Waals surface area contributed by atoms with Gasteiger partial charge in [0.1, 0.15) is 0 Å². The number of rotatable bonds is 10. The highest BCUT2D eigenvalue weighted by molar-refractivity contribution is 6.04. The van der Waals surface area contributed by atoms with Crippen LogP contribution in [0.3, 0.4) is 0 Å². The van der Waals surface area contributed by atoms with Crippen molar-refractivity contribution in [1.82, 2.24) is 9.97 Å². The zero-order valence-electron chi connectivity index (χ0n) is 21.1. The van der Waals surface area contributed by atoms with Crippen LogP contribution in [-0.4, -0.2) is 57.9 Å². The van der Waals surface area contributed by atoms with Crippen LogP contribution in [0, 0.1) is 0 Å². The van der Waals surface area contributed by atoms with E-state index in [0.29, 0.717) is 24.2 Å². The van der Waals surface area contributed by atoms with Gasteiger partial charge < -0.3 is 10.2 Å². The first-order valence-corrected chi connectivity index (χ1v) is 12.8. The molecule has 0 saturated carbocycles. The molecule has 0 aliphatic heterocycles. The molecule has 5 rings (SSSR count). The highest BCUT2D eigenvalue weighted by Gasteiger charge is 2.09. The topological polar surface area (TPSA) is 91.0 Å². The second-order valence-corrected chi connectivity index (χ2v) is 9.29. The third kappa shape index (κ3) is 6.35. The van der Waals surface area contributed by atoms with Crippen molar-refractivity contribution in [3.05, 3.63) is 120 Å². The molecule has 0 bridgehead atoms. The monoisotopic (exact) mass is 502 g/mol. The summed E-state index contributed by atoms with van der Waals surface area (Å²) in [6, 6.07) is 31.5. The number of hydrogen-bond donors (Lipinski definition) is 2. The van der Waals surface area contributed by atoms with Crippen molar-refractivity contribution < 1.29 is 10.2 Å². The summed E-state index contributed by atoms with van der Waals surface area (Å²) in [6.07, 6.45) is 4.77. The molecule has 0 amide bonds. The lowest BCUT2D eigenvalue weighted by atomic mass is 10.1. The standard InChI is InChI=1S/C32H30N4O2/c37-21-29(17-23-7-3-1-4-8-23)33-19-27-15-13-25-11-12-26-14-16-28(36-32(26)31(25)35-27)20-34-30(22-38)18-24-9-5-2-6-10-24/h1-16,19-20,29-30,37-38H,17-18,21-22H2/t29-,30-/m0/s1. The molecule has 6 nitrogen and oxygen atoms in total. The van der Waals surface area contributed by atoms with Crippen LogP contribution < -0.4 is 0 Å². The van der Waals surface area contributed by atoms with Crippen LogP contribution in [0.15, 0.2) is 107 Å². The number of fused-ring (bicyclic) bond motifs is 3. The molecule has 0 aliphatic carbocycles. The summed E-state index contributed by atoms with van der Waals surface area (Å²) >= 11 is 0. The first kappa shape index (κ1) is 25.4. The van der Waals surface area contributed by atoms with E-state index in [-0.39, 0.29) is 25.3 Å². The third-order valence-corrected chi connectivity index (χ3v) is 6.45. The van der Waals surface area contributed by atoms with Gasteiger partial charge in [0.2, 0.25) is 0 Å². The number of nitrogens with zero attached hydrogens (tertiary/aromatic N) is 4. The Morgan fingerprint density at radius 3 is 1.34 bits per heavy atom. The summed E-state index contributed by atoms with van der Waals surface area (Å²) in [7, 11) is 0. The molecule has 2 N–H and O–H groups in total. The molecular formula is C32H30N4O2. The summed E-state index contributed by atoms with van der Waals surface area (Å²) in [6.45, 7) is -0.0729. The van der Waals surface area contributed by atoms with Gasteiger partial charge >= 0.3 is 0 Å². The summed E-state index contributed by atoms with van der Waals surface area (Å²) in [4.78, 5) is 18.9. The van der Waals surface area contributed by atoms with Crippen molar-refractivity contribution in [3.63, 3.8) is 0 Å². The maximum absolute atomic E-state index is 9.83. The van der Waals surface area contributed by atoms with E-state index in [1.54, 1.807) is 12.4 Å². The Kier molecular flexibility index (Phi) is 8.23.